The third-order valence-electron chi connectivity index (χ3n) is 4.79. The van der Waals surface area contributed by atoms with Crippen molar-refractivity contribution in [3.8, 4) is 11.6 Å². The number of nitrogen functional groups attached to an aromatic ring is 1. The molecule has 1 aromatic heterocycles. The highest BCUT2D eigenvalue weighted by molar-refractivity contribution is 5.68. The second kappa shape index (κ2) is 9.09. The van der Waals surface area contributed by atoms with Gasteiger partial charge in [-0.1, -0.05) is 78.4 Å². The molecule has 0 saturated carbocycles. The fourth-order valence-electron chi connectivity index (χ4n) is 3.24. The van der Waals surface area contributed by atoms with Crippen molar-refractivity contribution in [1.29, 1.82) is 0 Å². The fraction of sp³-hybridized carbons (Fsp3) is 0.120. The molecule has 0 saturated heterocycles. The average molecular weight is 396 g/mol. The topological polar surface area (TPSA) is 64.3 Å². The van der Waals surface area contributed by atoms with Crippen LogP contribution in [0.3, 0.4) is 0 Å². The molecular weight excluding hydrogens is 372 g/mol. The van der Waals surface area contributed by atoms with Gasteiger partial charge in [-0.25, -0.2) is 4.98 Å². The summed E-state index contributed by atoms with van der Waals surface area (Å²) in [5.74, 6) is 1.70. The van der Waals surface area contributed by atoms with E-state index in [1.165, 1.54) is 17.5 Å². The van der Waals surface area contributed by atoms with E-state index in [1.54, 1.807) is 0 Å². The molecule has 0 fully saturated rings. The van der Waals surface area contributed by atoms with Crippen molar-refractivity contribution in [3.63, 3.8) is 0 Å². The summed E-state index contributed by atoms with van der Waals surface area (Å²) in [6.07, 6.45) is 1.50. The molecule has 0 aliphatic heterocycles. The van der Waals surface area contributed by atoms with E-state index in [4.69, 9.17) is 10.5 Å². The molecule has 4 aromatic rings. The predicted octanol–water partition coefficient (Wildman–Crippen LogP) is 5.37. The number of nitrogens with zero attached hydrogens (tertiary/aromatic N) is 3. The van der Waals surface area contributed by atoms with Crippen LogP contribution in [0, 0.1) is 6.92 Å². The van der Waals surface area contributed by atoms with Crippen molar-refractivity contribution in [1.82, 2.24) is 9.97 Å². The van der Waals surface area contributed by atoms with Gasteiger partial charge in [-0.3, -0.25) is 0 Å². The first-order valence-electron chi connectivity index (χ1n) is 9.87. The molecule has 0 spiro atoms. The van der Waals surface area contributed by atoms with Gasteiger partial charge in [0.1, 0.15) is 17.8 Å². The molecule has 30 heavy (non-hydrogen) atoms. The van der Waals surface area contributed by atoms with Crippen LogP contribution < -0.4 is 15.4 Å². The van der Waals surface area contributed by atoms with Gasteiger partial charge in [0.05, 0.1) is 0 Å². The molecule has 1 heterocycles. The van der Waals surface area contributed by atoms with Crippen LogP contribution >= 0.6 is 0 Å². The van der Waals surface area contributed by atoms with E-state index in [1.807, 2.05) is 67.6 Å². The average Bonchev–Trinajstić information content (AvgIpc) is 2.78. The Morgan fingerprint density at radius 1 is 0.767 bits per heavy atom. The van der Waals surface area contributed by atoms with Crippen LogP contribution in [0.15, 0.2) is 91.3 Å². The van der Waals surface area contributed by atoms with Crippen molar-refractivity contribution in [2.75, 3.05) is 10.6 Å². The maximum atomic E-state index is 6.48. The number of ether oxygens (including phenoxy) is 1. The van der Waals surface area contributed by atoms with Gasteiger partial charge in [0.15, 0.2) is 5.82 Å². The summed E-state index contributed by atoms with van der Waals surface area (Å²) in [6, 6.07) is 28.3. The van der Waals surface area contributed by atoms with Crippen LogP contribution in [0.2, 0.25) is 0 Å². The quantitative estimate of drug-likeness (QED) is 0.455. The molecule has 3 aromatic carbocycles. The summed E-state index contributed by atoms with van der Waals surface area (Å²) in [5.41, 5.74) is 10.4. The first-order valence-corrected chi connectivity index (χ1v) is 9.87. The van der Waals surface area contributed by atoms with E-state index in [0.717, 1.165) is 5.56 Å². The highest BCUT2D eigenvalue weighted by Crippen LogP contribution is 2.33. The number of anilines is 2. The van der Waals surface area contributed by atoms with E-state index in [-0.39, 0.29) is 0 Å². The van der Waals surface area contributed by atoms with Crippen LogP contribution in [0.5, 0.6) is 11.6 Å². The number of aromatic nitrogens is 2. The molecule has 0 aliphatic carbocycles. The number of benzene rings is 3. The Morgan fingerprint density at radius 2 is 1.33 bits per heavy atom. The lowest BCUT2D eigenvalue weighted by Crippen LogP contribution is -2.24. The van der Waals surface area contributed by atoms with Gasteiger partial charge >= 0.3 is 0 Å². The summed E-state index contributed by atoms with van der Waals surface area (Å²) in [6.45, 7) is 3.37. The second-order valence-corrected chi connectivity index (χ2v) is 7.16. The Bertz CT molecular complexity index is 1040. The van der Waals surface area contributed by atoms with Crippen molar-refractivity contribution in [2.45, 2.75) is 20.0 Å². The highest BCUT2D eigenvalue weighted by atomic mass is 16.5. The Hall–Kier alpha value is -3.86. The molecule has 5 nitrogen and oxygen atoms in total. The van der Waals surface area contributed by atoms with Gasteiger partial charge in [-0.2, -0.15) is 4.98 Å². The SMILES string of the molecule is Cc1ccc(Oc2ncnc(N(Cc3ccccc3)Cc3ccccc3)c2N)cc1. The summed E-state index contributed by atoms with van der Waals surface area (Å²) in [7, 11) is 0. The number of rotatable bonds is 7. The first kappa shape index (κ1) is 19.5. The lowest BCUT2D eigenvalue weighted by atomic mass is 10.1. The normalized spacial score (nSPS) is 10.6. The number of aryl methyl sites for hydroxylation is 1. The van der Waals surface area contributed by atoms with Gasteiger partial charge in [0, 0.05) is 13.1 Å². The van der Waals surface area contributed by atoms with E-state index < -0.39 is 0 Å². The van der Waals surface area contributed by atoms with Crippen LogP contribution in [0.25, 0.3) is 0 Å². The van der Waals surface area contributed by atoms with Gasteiger partial charge in [0.25, 0.3) is 0 Å². The van der Waals surface area contributed by atoms with E-state index >= 15 is 0 Å². The Balaban J connectivity index is 1.66. The Labute approximate surface area is 176 Å². The minimum Gasteiger partial charge on any atom is -0.437 e. The molecule has 2 N–H and O–H groups in total. The third kappa shape index (κ3) is 4.75. The Kier molecular flexibility index (Phi) is 5.90. The summed E-state index contributed by atoms with van der Waals surface area (Å²) >= 11 is 0. The first-order chi connectivity index (χ1) is 14.7. The second-order valence-electron chi connectivity index (χ2n) is 7.16. The van der Waals surface area contributed by atoms with E-state index in [9.17, 15) is 0 Å². The monoisotopic (exact) mass is 396 g/mol. The minimum atomic E-state index is 0.356. The fourth-order valence-corrected chi connectivity index (χ4v) is 3.24. The maximum absolute atomic E-state index is 6.48. The highest BCUT2D eigenvalue weighted by Gasteiger charge is 2.17. The minimum absolute atomic E-state index is 0.356. The Morgan fingerprint density at radius 3 is 1.90 bits per heavy atom. The molecule has 4 rings (SSSR count). The molecule has 0 unspecified atom stereocenters. The lowest BCUT2D eigenvalue weighted by molar-refractivity contribution is 0.464. The third-order valence-corrected chi connectivity index (χ3v) is 4.79. The summed E-state index contributed by atoms with van der Waals surface area (Å²) in [5, 5.41) is 0. The summed E-state index contributed by atoms with van der Waals surface area (Å²) in [4.78, 5) is 10.9. The van der Waals surface area contributed by atoms with Crippen LogP contribution in [-0.2, 0) is 13.1 Å². The van der Waals surface area contributed by atoms with Crippen molar-refractivity contribution in [2.24, 2.45) is 0 Å². The number of hydrogen-bond acceptors (Lipinski definition) is 5. The molecule has 0 atom stereocenters. The molecular formula is C25H24N4O. The van der Waals surface area contributed by atoms with E-state index in [0.29, 0.717) is 36.2 Å². The van der Waals surface area contributed by atoms with Gasteiger partial charge < -0.3 is 15.4 Å². The van der Waals surface area contributed by atoms with Crippen molar-refractivity contribution in [3.05, 3.63) is 108 Å². The molecule has 0 aliphatic rings. The zero-order chi connectivity index (χ0) is 20.8. The molecule has 0 bridgehead atoms. The smallest absolute Gasteiger partial charge is 0.248 e. The van der Waals surface area contributed by atoms with Crippen LogP contribution in [-0.4, -0.2) is 9.97 Å². The van der Waals surface area contributed by atoms with E-state index in [2.05, 4.69) is 39.1 Å². The predicted molar refractivity (Wildman–Crippen MR) is 120 cm³/mol. The summed E-state index contributed by atoms with van der Waals surface area (Å²) < 4.78 is 5.95. The van der Waals surface area contributed by atoms with Crippen LogP contribution in [0.4, 0.5) is 11.5 Å². The zero-order valence-electron chi connectivity index (χ0n) is 16.9. The molecule has 150 valence electrons. The number of hydrogen-bond donors (Lipinski definition) is 1. The largest absolute Gasteiger partial charge is 0.437 e. The molecule has 0 amide bonds. The van der Waals surface area contributed by atoms with Gasteiger partial charge in [0.2, 0.25) is 5.88 Å². The molecule has 5 heteroatoms. The van der Waals surface area contributed by atoms with Crippen molar-refractivity contribution >= 4 is 11.5 Å². The van der Waals surface area contributed by atoms with Gasteiger partial charge in [-0.05, 0) is 30.2 Å². The van der Waals surface area contributed by atoms with Gasteiger partial charge in [-0.15, -0.1) is 0 Å². The number of nitrogens with two attached hydrogens (primary N) is 1. The molecule has 0 radical (unpaired) electrons. The van der Waals surface area contributed by atoms with Crippen LogP contribution in [0.1, 0.15) is 16.7 Å². The maximum Gasteiger partial charge on any atom is 0.248 e. The van der Waals surface area contributed by atoms with Crippen molar-refractivity contribution < 1.29 is 4.74 Å². The lowest BCUT2D eigenvalue weighted by Gasteiger charge is -2.25. The zero-order valence-corrected chi connectivity index (χ0v) is 16.9. The standard InChI is InChI=1S/C25H24N4O/c1-19-12-14-22(15-13-19)30-25-23(26)24(27-18-28-25)29(16-20-8-4-2-5-9-20)17-21-10-6-3-7-11-21/h2-15,18H,16-17,26H2,1H3.